The molecule has 4 rings (SSSR count). The Labute approximate surface area is 189 Å². The van der Waals surface area contributed by atoms with Gasteiger partial charge in [0.1, 0.15) is 5.01 Å². The van der Waals surface area contributed by atoms with Crippen molar-refractivity contribution >= 4 is 40.2 Å². The summed E-state index contributed by atoms with van der Waals surface area (Å²) in [6.45, 7) is 4.42. The Morgan fingerprint density at radius 2 is 1.74 bits per heavy atom. The van der Waals surface area contributed by atoms with Gasteiger partial charge in [-0.1, -0.05) is 18.2 Å². The van der Waals surface area contributed by atoms with Crippen molar-refractivity contribution in [3.05, 3.63) is 58.2 Å². The van der Waals surface area contributed by atoms with E-state index >= 15 is 0 Å². The molecule has 3 aromatic rings. The molecule has 1 saturated heterocycles. The lowest BCUT2D eigenvalue weighted by Crippen LogP contribution is -2.48. The number of carbonyl (C=O) groups is 2. The Balaban J connectivity index is 1.13. The third-order valence-electron chi connectivity index (χ3n) is 5.15. The first-order valence-corrected chi connectivity index (χ1v) is 12.1. The van der Waals surface area contributed by atoms with Crippen LogP contribution in [-0.4, -0.2) is 54.4 Å². The molecule has 0 spiro atoms. The Bertz CT molecular complexity index is 983. The normalized spacial score (nSPS) is 14.4. The van der Waals surface area contributed by atoms with E-state index in [2.05, 4.69) is 49.9 Å². The minimum absolute atomic E-state index is 0.141. The highest BCUT2D eigenvalue weighted by atomic mass is 32.1. The zero-order chi connectivity index (χ0) is 21.5. The first-order valence-electron chi connectivity index (χ1n) is 10.2. The van der Waals surface area contributed by atoms with Crippen LogP contribution in [0.5, 0.6) is 0 Å². The molecule has 2 amide bonds. The number of hydrazine groups is 1. The molecule has 2 aromatic heterocycles. The summed E-state index contributed by atoms with van der Waals surface area (Å²) in [5.41, 5.74) is 8.02. The van der Waals surface area contributed by atoms with Gasteiger partial charge in [0.25, 0.3) is 0 Å². The molecule has 2 N–H and O–H groups in total. The molecule has 0 atom stereocenters. The summed E-state index contributed by atoms with van der Waals surface area (Å²) >= 11 is 3.13. The number of nitrogens with zero attached hydrogens (tertiary/aromatic N) is 3. The fourth-order valence-electron chi connectivity index (χ4n) is 3.45. The molecule has 0 bridgehead atoms. The van der Waals surface area contributed by atoms with Gasteiger partial charge in [-0.05, 0) is 23.6 Å². The molecule has 1 aromatic carbocycles. The van der Waals surface area contributed by atoms with Gasteiger partial charge in [-0.15, -0.1) is 11.3 Å². The Hall–Kier alpha value is -2.75. The summed E-state index contributed by atoms with van der Waals surface area (Å²) in [4.78, 5) is 33.4. The summed E-state index contributed by atoms with van der Waals surface area (Å²) in [7, 11) is 0. The monoisotopic (exact) mass is 455 g/mol. The molecule has 7 nitrogen and oxygen atoms in total. The smallest absolute Gasteiger partial charge is 0.244 e. The summed E-state index contributed by atoms with van der Waals surface area (Å²) < 4.78 is 0. The molecule has 3 heterocycles. The fourth-order valence-corrected chi connectivity index (χ4v) is 4.98. The van der Waals surface area contributed by atoms with E-state index in [4.69, 9.17) is 0 Å². The van der Waals surface area contributed by atoms with Crippen LogP contribution in [0, 0.1) is 0 Å². The number of benzene rings is 1. The molecule has 31 heavy (non-hydrogen) atoms. The highest BCUT2D eigenvalue weighted by Crippen LogP contribution is 2.25. The molecule has 0 saturated carbocycles. The number of para-hydroxylation sites is 1. The maximum absolute atomic E-state index is 12.1. The van der Waals surface area contributed by atoms with E-state index in [1.807, 2.05) is 28.3 Å². The van der Waals surface area contributed by atoms with Crippen LogP contribution in [0.25, 0.3) is 10.6 Å². The zero-order valence-electron chi connectivity index (χ0n) is 17.1. The van der Waals surface area contributed by atoms with Crippen LogP contribution in [0.4, 0.5) is 5.69 Å². The van der Waals surface area contributed by atoms with Crippen molar-refractivity contribution in [1.29, 1.82) is 0 Å². The van der Waals surface area contributed by atoms with Gasteiger partial charge < -0.3 is 4.90 Å². The number of rotatable bonds is 7. The van der Waals surface area contributed by atoms with Crippen molar-refractivity contribution in [3.63, 3.8) is 0 Å². The van der Waals surface area contributed by atoms with Crippen molar-refractivity contribution in [2.75, 3.05) is 37.6 Å². The van der Waals surface area contributed by atoms with Gasteiger partial charge in [0.15, 0.2) is 0 Å². The Kier molecular flexibility index (Phi) is 7.29. The lowest BCUT2D eigenvalue weighted by Gasteiger charge is -2.36. The second-order valence-corrected chi connectivity index (χ2v) is 8.98. The van der Waals surface area contributed by atoms with Crippen LogP contribution < -0.4 is 15.8 Å². The zero-order valence-corrected chi connectivity index (χ0v) is 18.8. The third kappa shape index (κ3) is 6.13. The van der Waals surface area contributed by atoms with E-state index in [1.165, 1.54) is 17.0 Å². The van der Waals surface area contributed by atoms with Crippen LogP contribution in [0.2, 0.25) is 0 Å². The quantitative estimate of drug-likeness (QED) is 0.536. The summed E-state index contributed by atoms with van der Waals surface area (Å²) in [6.07, 6.45) is 0.493. The van der Waals surface area contributed by atoms with Crippen LogP contribution in [0.15, 0.2) is 52.5 Å². The van der Waals surface area contributed by atoms with Crippen LogP contribution in [-0.2, 0) is 16.0 Å². The molecule has 0 unspecified atom stereocenters. The average molecular weight is 456 g/mol. The molecule has 0 radical (unpaired) electrons. The van der Waals surface area contributed by atoms with Crippen LogP contribution in [0.1, 0.15) is 12.1 Å². The molecule has 9 heteroatoms. The van der Waals surface area contributed by atoms with E-state index in [9.17, 15) is 9.59 Å². The Morgan fingerprint density at radius 3 is 2.48 bits per heavy atom. The highest BCUT2D eigenvalue weighted by molar-refractivity contribution is 7.14. The van der Waals surface area contributed by atoms with Crippen molar-refractivity contribution < 1.29 is 9.59 Å². The molecular formula is C22H25N5O2S2. The van der Waals surface area contributed by atoms with Gasteiger partial charge in [0.2, 0.25) is 11.8 Å². The molecule has 1 fully saturated rings. The van der Waals surface area contributed by atoms with Crippen LogP contribution in [0.3, 0.4) is 0 Å². The molecular weight excluding hydrogens is 430 g/mol. The summed E-state index contributed by atoms with van der Waals surface area (Å²) in [5.74, 6) is -0.455. The number of hydrogen-bond donors (Lipinski definition) is 2. The minimum atomic E-state index is -0.271. The van der Waals surface area contributed by atoms with E-state index in [-0.39, 0.29) is 18.2 Å². The largest absolute Gasteiger partial charge is 0.369 e. The molecule has 1 aliphatic rings. The number of thiazole rings is 1. The molecule has 1 aliphatic heterocycles. The van der Waals surface area contributed by atoms with Crippen molar-refractivity contribution in [3.8, 4) is 10.6 Å². The summed E-state index contributed by atoms with van der Waals surface area (Å²) in [5, 5.41) is 6.82. The van der Waals surface area contributed by atoms with Crippen molar-refractivity contribution in [2.45, 2.75) is 12.8 Å². The maximum Gasteiger partial charge on any atom is 0.244 e. The van der Waals surface area contributed by atoms with Gasteiger partial charge in [0, 0.05) is 61.2 Å². The standard InChI is InChI=1S/C22H25N5O2S2/c28-20(6-8-26-9-11-27(12-10-26)19-4-2-1-3-5-19)24-25-21(29)14-18-16-31-22(23-18)17-7-13-30-15-17/h1-5,7,13,15-16H,6,8-12,14H2,(H,24,28)(H,25,29). The number of hydrogen-bond acceptors (Lipinski definition) is 7. The third-order valence-corrected chi connectivity index (χ3v) is 6.78. The maximum atomic E-state index is 12.1. The predicted molar refractivity (Wildman–Crippen MR) is 125 cm³/mol. The van der Waals surface area contributed by atoms with Gasteiger partial charge in [-0.25, -0.2) is 4.98 Å². The average Bonchev–Trinajstić information content (AvgIpc) is 3.49. The Morgan fingerprint density at radius 1 is 0.968 bits per heavy atom. The number of aromatic nitrogens is 1. The van der Waals surface area contributed by atoms with Crippen LogP contribution >= 0.6 is 22.7 Å². The van der Waals surface area contributed by atoms with E-state index in [1.54, 1.807) is 11.3 Å². The summed E-state index contributed by atoms with van der Waals surface area (Å²) in [6, 6.07) is 12.4. The first-order chi connectivity index (χ1) is 15.2. The first kappa shape index (κ1) is 21.5. The lowest BCUT2D eigenvalue weighted by molar-refractivity contribution is -0.128. The van der Waals surface area contributed by atoms with Gasteiger partial charge in [0.05, 0.1) is 12.1 Å². The molecule has 162 valence electrons. The predicted octanol–water partition coefficient (Wildman–Crippen LogP) is 2.77. The molecule has 0 aliphatic carbocycles. The van der Waals surface area contributed by atoms with Crippen molar-refractivity contribution in [2.24, 2.45) is 0 Å². The lowest BCUT2D eigenvalue weighted by atomic mass is 10.2. The number of amides is 2. The number of anilines is 1. The second kappa shape index (κ2) is 10.5. The number of thiophene rings is 1. The second-order valence-electron chi connectivity index (χ2n) is 7.34. The number of nitrogens with one attached hydrogen (secondary N) is 2. The topological polar surface area (TPSA) is 77.6 Å². The van der Waals surface area contributed by atoms with Gasteiger partial charge in [-0.3, -0.25) is 25.3 Å². The van der Waals surface area contributed by atoms with E-state index < -0.39 is 0 Å². The fraction of sp³-hybridized carbons (Fsp3) is 0.318. The van der Waals surface area contributed by atoms with E-state index in [0.717, 1.165) is 36.8 Å². The van der Waals surface area contributed by atoms with Gasteiger partial charge >= 0.3 is 0 Å². The number of piperazine rings is 1. The highest BCUT2D eigenvalue weighted by Gasteiger charge is 2.18. The minimum Gasteiger partial charge on any atom is -0.369 e. The SMILES string of the molecule is O=C(CCN1CCN(c2ccccc2)CC1)NNC(=O)Cc1csc(-c2ccsc2)n1. The van der Waals surface area contributed by atoms with E-state index in [0.29, 0.717) is 18.7 Å². The van der Waals surface area contributed by atoms with Gasteiger partial charge in [-0.2, -0.15) is 11.3 Å². The number of carbonyl (C=O) groups excluding carboxylic acids is 2. The van der Waals surface area contributed by atoms with Crippen molar-refractivity contribution in [1.82, 2.24) is 20.7 Å².